The number of furan rings is 1. The lowest BCUT2D eigenvalue weighted by molar-refractivity contribution is 0.669. The van der Waals surface area contributed by atoms with Gasteiger partial charge in [-0.3, -0.25) is 0 Å². The predicted molar refractivity (Wildman–Crippen MR) is 214 cm³/mol. The molecule has 9 rings (SSSR count). The molecule has 1 unspecified atom stereocenters. The Labute approximate surface area is 294 Å². The molecule has 0 fully saturated rings. The molecular formula is C48H41NO. The first-order valence-electron chi connectivity index (χ1n) is 17.7. The number of aryl methyl sites for hydroxylation is 2. The van der Waals surface area contributed by atoms with E-state index >= 15 is 0 Å². The van der Waals surface area contributed by atoms with Crippen molar-refractivity contribution in [2.45, 2.75) is 40.0 Å². The Balaban J connectivity index is 0.000000180. The maximum Gasteiger partial charge on any atom is 0.135 e. The van der Waals surface area contributed by atoms with Crippen LogP contribution in [0, 0.1) is 13.8 Å². The highest BCUT2D eigenvalue weighted by molar-refractivity contribution is 6.09. The highest BCUT2D eigenvalue weighted by Gasteiger charge is 2.14. The number of para-hydroxylation sites is 2. The first-order valence-corrected chi connectivity index (χ1v) is 17.7. The van der Waals surface area contributed by atoms with Crippen molar-refractivity contribution in [3.05, 3.63) is 174 Å². The van der Waals surface area contributed by atoms with Gasteiger partial charge in [0.1, 0.15) is 11.2 Å². The molecule has 0 aliphatic heterocycles. The number of aromatic nitrogens is 1. The molecule has 0 aliphatic rings. The summed E-state index contributed by atoms with van der Waals surface area (Å²) in [5.74, 6) is 0.616. The number of hydrogen-bond donors (Lipinski definition) is 0. The van der Waals surface area contributed by atoms with Crippen LogP contribution in [0.25, 0.3) is 71.7 Å². The molecule has 2 heterocycles. The quantitative estimate of drug-likeness (QED) is 0.182. The van der Waals surface area contributed by atoms with Crippen molar-refractivity contribution >= 4 is 43.7 Å². The molecule has 2 heteroatoms. The Bertz CT molecular complexity index is 2580. The summed E-state index contributed by atoms with van der Waals surface area (Å²) in [7, 11) is 0. The number of rotatable bonds is 5. The van der Waals surface area contributed by atoms with Gasteiger partial charge in [-0.05, 0) is 108 Å². The number of nitrogens with zero attached hydrogens (tertiary/aromatic N) is 1. The summed E-state index contributed by atoms with van der Waals surface area (Å²) in [6.45, 7) is 8.86. The van der Waals surface area contributed by atoms with Crippen molar-refractivity contribution in [3.8, 4) is 27.9 Å². The molecule has 0 saturated carbocycles. The van der Waals surface area contributed by atoms with Gasteiger partial charge in [-0.25, -0.2) is 0 Å². The van der Waals surface area contributed by atoms with E-state index in [1.54, 1.807) is 0 Å². The first-order chi connectivity index (χ1) is 24.5. The van der Waals surface area contributed by atoms with E-state index in [0.717, 1.165) is 22.2 Å². The van der Waals surface area contributed by atoms with Gasteiger partial charge in [-0.1, -0.05) is 129 Å². The third-order valence-electron chi connectivity index (χ3n) is 10.2. The molecule has 0 spiro atoms. The van der Waals surface area contributed by atoms with Crippen LogP contribution in [0.15, 0.2) is 162 Å². The van der Waals surface area contributed by atoms with Crippen molar-refractivity contribution in [1.82, 2.24) is 4.57 Å². The van der Waals surface area contributed by atoms with Crippen LogP contribution in [0.5, 0.6) is 0 Å². The van der Waals surface area contributed by atoms with E-state index in [-0.39, 0.29) is 0 Å². The summed E-state index contributed by atoms with van der Waals surface area (Å²) >= 11 is 0. The standard InChI is InChI=1S/C31H21NO.C17H20/c1-20-13-15-30-26(17-20)27-19-22(14-16-31(27)33-30)21-7-6-8-23(18-21)32-28-11-4-2-9-24(28)25-10-3-5-12-29(25)32;1-4-13(2)15-10-7-8-12-17(15)16-11-6-5-9-14(16)3/h2-19H,1H3;5-13H,4H2,1-3H3. The summed E-state index contributed by atoms with van der Waals surface area (Å²) in [4.78, 5) is 0. The van der Waals surface area contributed by atoms with Crippen molar-refractivity contribution in [2.24, 2.45) is 0 Å². The Morgan fingerprint density at radius 2 is 1.12 bits per heavy atom. The minimum atomic E-state index is 0.616. The Morgan fingerprint density at radius 1 is 0.520 bits per heavy atom. The van der Waals surface area contributed by atoms with Crippen LogP contribution in [-0.4, -0.2) is 4.57 Å². The summed E-state index contributed by atoms with van der Waals surface area (Å²) < 4.78 is 8.44. The molecule has 0 aliphatic carbocycles. The van der Waals surface area contributed by atoms with Crippen molar-refractivity contribution in [1.29, 1.82) is 0 Å². The van der Waals surface area contributed by atoms with Gasteiger partial charge in [0.2, 0.25) is 0 Å². The van der Waals surface area contributed by atoms with Crippen molar-refractivity contribution in [2.75, 3.05) is 0 Å². The maximum atomic E-state index is 6.07. The minimum absolute atomic E-state index is 0.616. The molecule has 0 radical (unpaired) electrons. The highest BCUT2D eigenvalue weighted by Crippen LogP contribution is 2.36. The van der Waals surface area contributed by atoms with E-state index in [2.05, 4.69) is 190 Å². The zero-order chi connectivity index (χ0) is 34.2. The third kappa shape index (κ3) is 5.67. The second-order valence-corrected chi connectivity index (χ2v) is 13.4. The van der Waals surface area contributed by atoms with E-state index in [9.17, 15) is 0 Å². The fraction of sp³-hybridized carbons (Fsp3) is 0.125. The molecule has 50 heavy (non-hydrogen) atoms. The fourth-order valence-corrected chi connectivity index (χ4v) is 7.36. The van der Waals surface area contributed by atoms with Gasteiger partial charge in [-0.2, -0.15) is 0 Å². The van der Waals surface area contributed by atoms with Crippen molar-refractivity contribution < 1.29 is 4.42 Å². The smallest absolute Gasteiger partial charge is 0.135 e. The summed E-state index contributed by atoms with van der Waals surface area (Å²) in [5, 5.41) is 4.89. The molecule has 7 aromatic carbocycles. The van der Waals surface area contributed by atoms with Crippen LogP contribution < -0.4 is 0 Å². The SMILES string of the molecule is CCC(C)c1ccccc1-c1ccccc1C.Cc1ccc2oc3ccc(-c4cccc(-n5c6ccccc6c6ccccc65)c4)cc3c2c1. The van der Waals surface area contributed by atoms with Crippen LogP contribution in [0.1, 0.15) is 42.9 Å². The summed E-state index contributed by atoms with van der Waals surface area (Å²) in [6.07, 6.45) is 1.18. The molecule has 9 aromatic rings. The van der Waals surface area contributed by atoms with Gasteiger partial charge in [0.15, 0.2) is 0 Å². The fourth-order valence-electron chi connectivity index (χ4n) is 7.36. The van der Waals surface area contributed by atoms with Gasteiger partial charge < -0.3 is 8.98 Å². The van der Waals surface area contributed by atoms with Gasteiger partial charge >= 0.3 is 0 Å². The first kappa shape index (κ1) is 31.4. The number of fused-ring (bicyclic) bond motifs is 6. The van der Waals surface area contributed by atoms with Crippen LogP contribution in [0.3, 0.4) is 0 Å². The van der Waals surface area contributed by atoms with Crippen LogP contribution in [0.2, 0.25) is 0 Å². The van der Waals surface area contributed by atoms with Crippen LogP contribution in [-0.2, 0) is 0 Å². The molecule has 0 saturated heterocycles. The van der Waals surface area contributed by atoms with E-state index in [4.69, 9.17) is 4.42 Å². The van der Waals surface area contributed by atoms with E-state index in [0.29, 0.717) is 5.92 Å². The number of benzene rings is 7. The zero-order valence-corrected chi connectivity index (χ0v) is 29.2. The molecule has 244 valence electrons. The maximum absolute atomic E-state index is 6.07. The molecule has 0 N–H and O–H groups in total. The third-order valence-corrected chi connectivity index (χ3v) is 10.2. The Hall–Kier alpha value is -5.86. The Morgan fingerprint density at radius 3 is 1.84 bits per heavy atom. The van der Waals surface area contributed by atoms with E-state index < -0.39 is 0 Å². The average Bonchev–Trinajstić information content (AvgIpc) is 3.70. The second-order valence-electron chi connectivity index (χ2n) is 13.4. The average molecular weight is 648 g/mol. The number of hydrogen-bond acceptors (Lipinski definition) is 1. The summed E-state index contributed by atoms with van der Waals surface area (Å²) in [6, 6.07) is 56.3. The monoisotopic (exact) mass is 647 g/mol. The highest BCUT2D eigenvalue weighted by atomic mass is 16.3. The Kier molecular flexibility index (Phi) is 8.30. The summed E-state index contributed by atoms with van der Waals surface area (Å²) in [5.41, 5.74) is 14.7. The lowest BCUT2D eigenvalue weighted by Gasteiger charge is -2.16. The molecular weight excluding hydrogens is 607 g/mol. The largest absolute Gasteiger partial charge is 0.456 e. The van der Waals surface area contributed by atoms with Gasteiger partial charge in [0.05, 0.1) is 11.0 Å². The van der Waals surface area contributed by atoms with Gasteiger partial charge in [0.25, 0.3) is 0 Å². The topological polar surface area (TPSA) is 18.1 Å². The molecule has 2 aromatic heterocycles. The molecule has 0 bridgehead atoms. The molecule has 1 atom stereocenters. The normalized spacial score (nSPS) is 12.0. The van der Waals surface area contributed by atoms with Crippen LogP contribution >= 0.6 is 0 Å². The van der Waals surface area contributed by atoms with E-state index in [1.807, 2.05) is 0 Å². The minimum Gasteiger partial charge on any atom is -0.456 e. The lowest BCUT2D eigenvalue weighted by Crippen LogP contribution is -1.95. The second kappa shape index (κ2) is 13.2. The van der Waals surface area contributed by atoms with E-state index in [1.165, 1.54) is 72.6 Å². The van der Waals surface area contributed by atoms with Crippen molar-refractivity contribution in [3.63, 3.8) is 0 Å². The molecule has 2 nitrogen and oxygen atoms in total. The van der Waals surface area contributed by atoms with Crippen LogP contribution in [0.4, 0.5) is 0 Å². The predicted octanol–water partition coefficient (Wildman–Crippen LogP) is 13.8. The van der Waals surface area contributed by atoms with Gasteiger partial charge in [0, 0.05) is 27.2 Å². The zero-order valence-electron chi connectivity index (χ0n) is 29.2. The molecule has 0 amide bonds. The van der Waals surface area contributed by atoms with Gasteiger partial charge in [-0.15, -0.1) is 0 Å². The lowest BCUT2D eigenvalue weighted by atomic mass is 9.89.